The van der Waals surface area contributed by atoms with E-state index in [1.807, 2.05) is 24.3 Å². The van der Waals surface area contributed by atoms with Crippen molar-refractivity contribution in [1.82, 2.24) is 0 Å². The van der Waals surface area contributed by atoms with Gasteiger partial charge in [-0.25, -0.2) is 4.79 Å². The van der Waals surface area contributed by atoms with Crippen LogP contribution in [0.3, 0.4) is 0 Å². The molecule has 0 aromatic rings. The van der Waals surface area contributed by atoms with Crippen LogP contribution in [-0.4, -0.2) is 12.6 Å². The van der Waals surface area contributed by atoms with Crippen LogP contribution in [0, 0.1) is 0 Å². The molecule has 1 unspecified atom stereocenters. The lowest BCUT2D eigenvalue weighted by Gasteiger charge is -2.08. The SMILES string of the molecule is O=[C]OC1C=CC=CC1. The fraction of sp³-hybridized carbons (Fsp3) is 0.286. The van der Waals surface area contributed by atoms with Crippen LogP contribution in [0.2, 0.25) is 0 Å². The number of ether oxygens (including phenoxy) is 1. The Morgan fingerprint density at radius 2 is 2.44 bits per heavy atom. The molecule has 1 atom stereocenters. The average molecular weight is 123 g/mol. The van der Waals surface area contributed by atoms with Gasteiger partial charge in [0.1, 0.15) is 6.10 Å². The van der Waals surface area contributed by atoms with Crippen molar-refractivity contribution < 1.29 is 9.53 Å². The van der Waals surface area contributed by atoms with E-state index in [9.17, 15) is 4.79 Å². The molecule has 1 rings (SSSR count). The quantitative estimate of drug-likeness (QED) is 0.546. The van der Waals surface area contributed by atoms with Crippen LogP contribution in [-0.2, 0) is 9.53 Å². The molecular weight excluding hydrogens is 116 g/mol. The summed E-state index contributed by atoms with van der Waals surface area (Å²) in [5, 5.41) is 0. The Morgan fingerprint density at radius 3 is 3.00 bits per heavy atom. The fourth-order valence-electron chi connectivity index (χ4n) is 0.707. The Labute approximate surface area is 53.8 Å². The van der Waals surface area contributed by atoms with Gasteiger partial charge in [-0.15, -0.1) is 0 Å². The van der Waals surface area contributed by atoms with Crippen molar-refractivity contribution >= 4 is 6.47 Å². The summed E-state index contributed by atoms with van der Waals surface area (Å²) in [6.07, 6.45) is 8.22. The van der Waals surface area contributed by atoms with E-state index in [1.165, 1.54) is 6.47 Å². The highest BCUT2D eigenvalue weighted by molar-refractivity contribution is 5.39. The van der Waals surface area contributed by atoms with Crippen LogP contribution in [0.1, 0.15) is 6.42 Å². The molecule has 0 aromatic carbocycles. The molecule has 0 aromatic heterocycles. The van der Waals surface area contributed by atoms with Gasteiger partial charge in [0, 0.05) is 6.42 Å². The third kappa shape index (κ3) is 1.72. The summed E-state index contributed by atoms with van der Waals surface area (Å²) >= 11 is 0. The van der Waals surface area contributed by atoms with Gasteiger partial charge >= 0.3 is 6.47 Å². The first-order valence-corrected chi connectivity index (χ1v) is 2.79. The second-order valence-corrected chi connectivity index (χ2v) is 1.79. The van der Waals surface area contributed by atoms with Crippen molar-refractivity contribution in [1.29, 1.82) is 0 Å². The second-order valence-electron chi connectivity index (χ2n) is 1.79. The molecule has 2 nitrogen and oxygen atoms in total. The van der Waals surface area contributed by atoms with Gasteiger partial charge in [0.2, 0.25) is 0 Å². The van der Waals surface area contributed by atoms with Gasteiger partial charge in [0.05, 0.1) is 0 Å². The van der Waals surface area contributed by atoms with E-state index >= 15 is 0 Å². The monoisotopic (exact) mass is 123 g/mol. The number of allylic oxidation sites excluding steroid dienone is 2. The minimum Gasteiger partial charge on any atom is -0.449 e. The zero-order valence-electron chi connectivity index (χ0n) is 4.91. The standard InChI is InChI=1S/C7H7O2/c8-6-9-7-4-2-1-3-5-7/h1-4,7H,5H2. The van der Waals surface area contributed by atoms with E-state index in [1.54, 1.807) is 0 Å². The van der Waals surface area contributed by atoms with Crippen LogP contribution in [0.25, 0.3) is 0 Å². The molecule has 0 saturated heterocycles. The van der Waals surface area contributed by atoms with Crippen molar-refractivity contribution in [3.63, 3.8) is 0 Å². The first kappa shape index (κ1) is 6.08. The van der Waals surface area contributed by atoms with Gasteiger partial charge in [-0.1, -0.05) is 18.2 Å². The molecule has 1 aliphatic carbocycles. The predicted molar refractivity (Wildman–Crippen MR) is 33.5 cm³/mol. The molecule has 0 spiro atoms. The highest BCUT2D eigenvalue weighted by atomic mass is 16.5. The van der Waals surface area contributed by atoms with Crippen LogP contribution in [0.4, 0.5) is 0 Å². The number of rotatable bonds is 2. The molecule has 9 heavy (non-hydrogen) atoms. The lowest BCUT2D eigenvalue weighted by molar-refractivity contribution is 0.221. The lowest BCUT2D eigenvalue weighted by Crippen LogP contribution is -2.08. The largest absolute Gasteiger partial charge is 0.449 e. The molecule has 0 fully saturated rings. The summed E-state index contributed by atoms with van der Waals surface area (Å²) in [4.78, 5) is 9.67. The molecule has 0 heterocycles. The summed E-state index contributed by atoms with van der Waals surface area (Å²) in [6.45, 7) is 1.40. The van der Waals surface area contributed by atoms with Crippen molar-refractivity contribution in [3.8, 4) is 0 Å². The Balaban J connectivity index is 2.36. The second kappa shape index (κ2) is 3.07. The van der Waals surface area contributed by atoms with Crippen LogP contribution >= 0.6 is 0 Å². The van der Waals surface area contributed by atoms with Gasteiger partial charge in [-0.05, 0) is 6.08 Å². The van der Waals surface area contributed by atoms with Gasteiger partial charge < -0.3 is 4.74 Å². The Bertz CT molecular complexity index is 145. The maximum Gasteiger partial charge on any atom is 0.418 e. The van der Waals surface area contributed by atoms with Gasteiger partial charge in [0.25, 0.3) is 0 Å². The van der Waals surface area contributed by atoms with Crippen LogP contribution in [0.5, 0.6) is 0 Å². The van der Waals surface area contributed by atoms with E-state index in [2.05, 4.69) is 4.74 Å². The van der Waals surface area contributed by atoms with E-state index in [0.29, 0.717) is 0 Å². The maximum absolute atomic E-state index is 9.67. The average Bonchev–Trinajstić information content (AvgIpc) is 1.91. The van der Waals surface area contributed by atoms with Crippen molar-refractivity contribution in [2.45, 2.75) is 12.5 Å². The zero-order chi connectivity index (χ0) is 6.53. The molecule has 1 aliphatic rings. The first-order chi connectivity index (χ1) is 4.43. The minimum atomic E-state index is -0.0903. The molecule has 47 valence electrons. The molecule has 1 radical (unpaired) electrons. The Kier molecular flexibility index (Phi) is 2.07. The van der Waals surface area contributed by atoms with Crippen molar-refractivity contribution in [2.75, 3.05) is 0 Å². The van der Waals surface area contributed by atoms with Crippen LogP contribution < -0.4 is 0 Å². The van der Waals surface area contributed by atoms with E-state index in [-0.39, 0.29) is 6.10 Å². The third-order valence-corrected chi connectivity index (χ3v) is 1.14. The van der Waals surface area contributed by atoms with Gasteiger partial charge in [-0.2, -0.15) is 0 Å². The molecule has 0 saturated carbocycles. The normalized spacial score (nSPS) is 23.8. The van der Waals surface area contributed by atoms with E-state index in [4.69, 9.17) is 0 Å². The molecule has 0 N–H and O–H groups in total. The molecule has 0 bridgehead atoms. The summed E-state index contributed by atoms with van der Waals surface area (Å²) < 4.78 is 4.54. The number of hydrogen-bond acceptors (Lipinski definition) is 2. The summed E-state index contributed by atoms with van der Waals surface area (Å²) in [6, 6.07) is 0. The number of carbonyl (C=O) groups excluding carboxylic acids is 1. The van der Waals surface area contributed by atoms with E-state index in [0.717, 1.165) is 6.42 Å². The van der Waals surface area contributed by atoms with Crippen molar-refractivity contribution in [3.05, 3.63) is 24.3 Å². The third-order valence-electron chi connectivity index (χ3n) is 1.14. The smallest absolute Gasteiger partial charge is 0.418 e. The van der Waals surface area contributed by atoms with Gasteiger partial charge in [0.15, 0.2) is 0 Å². The zero-order valence-corrected chi connectivity index (χ0v) is 4.91. The predicted octanol–water partition coefficient (Wildman–Crippen LogP) is 0.955. The lowest BCUT2D eigenvalue weighted by atomic mass is 10.1. The topological polar surface area (TPSA) is 26.3 Å². The van der Waals surface area contributed by atoms with E-state index < -0.39 is 0 Å². The fourth-order valence-corrected chi connectivity index (χ4v) is 0.707. The summed E-state index contributed by atoms with van der Waals surface area (Å²) in [7, 11) is 0. The highest BCUT2D eigenvalue weighted by Gasteiger charge is 2.03. The van der Waals surface area contributed by atoms with Gasteiger partial charge in [-0.3, -0.25) is 0 Å². The Hall–Kier alpha value is -1.05. The van der Waals surface area contributed by atoms with Crippen LogP contribution in [0.15, 0.2) is 24.3 Å². The highest BCUT2D eigenvalue weighted by Crippen LogP contribution is 2.05. The Morgan fingerprint density at radius 1 is 1.56 bits per heavy atom. The molecule has 0 amide bonds. The first-order valence-electron chi connectivity index (χ1n) is 2.79. The summed E-state index contributed by atoms with van der Waals surface area (Å²) in [5.41, 5.74) is 0. The minimum absolute atomic E-state index is 0.0903. The molecular formula is C7H7O2. The summed E-state index contributed by atoms with van der Waals surface area (Å²) in [5.74, 6) is 0. The number of hydrogen-bond donors (Lipinski definition) is 0. The maximum atomic E-state index is 9.67. The molecule has 2 heteroatoms. The van der Waals surface area contributed by atoms with Crippen molar-refractivity contribution in [2.24, 2.45) is 0 Å². The molecule has 0 aliphatic heterocycles.